The van der Waals surface area contributed by atoms with Gasteiger partial charge in [-0.2, -0.15) is 0 Å². The maximum absolute atomic E-state index is 14.2. The predicted octanol–water partition coefficient (Wildman–Crippen LogP) is 4.26. The number of aromatic amines is 1. The molecule has 0 aliphatic rings. The number of aromatic nitrogens is 4. The van der Waals surface area contributed by atoms with Crippen molar-refractivity contribution in [3.63, 3.8) is 0 Å². The number of carboxylic acids is 1. The number of aliphatic carboxylic acids is 1. The van der Waals surface area contributed by atoms with E-state index in [9.17, 15) is 19.1 Å². The first-order chi connectivity index (χ1) is 16.9. The number of hydrogen-bond donors (Lipinski definition) is 3. The zero-order chi connectivity index (χ0) is 24.8. The highest BCUT2D eigenvalue weighted by Crippen LogP contribution is 2.27. The van der Waals surface area contributed by atoms with Gasteiger partial charge >= 0.3 is 5.97 Å². The molecule has 178 valence electrons. The molecule has 2 aromatic heterocycles. The molecule has 4 aromatic rings. The molecule has 0 bridgehead atoms. The summed E-state index contributed by atoms with van der Waals surface area (Å²) >= 11 is 6.01. The van der Waals surface area contributed by atoms with Crippen LogP contribution in [0.25, 0.3) is 11.1 Å². The van der Waals surface area contributed by atoms with Gasteiger partial charge in [0.2, 0.25) is 0 Å². The van der Waals surface area contributed by atoms with Crippen LogP contribution in [0, 0.1) is 5.82 Å². The lowest BCUT2D eigenvalue weighted by molar-refractivity contribution is -0.139. The molecule has 0 aliphatic heterocycles. The number of halogens is 2. The summed E-state index contributed by atoms with van der Waals surface area (Å²) in [6.07, 6.45) is 3.25. The highest BCUT2D eigenvalue weighted by atomic mass is 35.5. The van der Waals surface area contributed by atoms with Gasteiger partial charge in [-0.05, 0) is 54.3 Å². The van der Waals surface area contributed by atoms with Crippen molar-refractivity contribution in [2.45, 2.75) is 24.8 Å². The molecule has 35 heavy (non-hydrogen) atoms. The second kappa shape index (κ2) is 10.9. The lowest BCUT2D eigenvalue weighted by Crippen LogP contribution is -2.39. The number of hydrogen-bond acceptors (Lipinski definition) is 5. The van der Waals surface area contributed by atoms with Crippen LogP contribution in [0.2, 0.25) is 5.02 Å². The maximum atomic E-state index is 14.2. The molecule has 2 unspecified atom stereocenters. The first kappa shape index (κ1) is 24.0. The van der Waals surface area contributed by atoms with Gasteiger partial charge in [-0.15, -0.1) is 5.10 Å². The van der Waals surface area contributed by atoms with Crippen molar-refractivity contribution in [2.75, 3.05) is 0 Å². The highest BCUT2D eigenvalue weighted by Gasteiger charge is 2.27. The number of nitrogens with one attached hydrogen (secondary N) is 2. The summed E-state index contributed by atoms with van der Waals surface area (Å²) in [5, 5.41) is 22.8. The van der Waals surface area contributed by atoms with Crippen molar-refractivity contribution in [1.82, 2.24) is 25.7 Å². The quantitative estimate of drug-likeness (QED) is 0.320. The number of carboxylic acid groups (broad SMARTS) is 1. The third-order valence-electron chi connectivity index (χ3n) is 5.53. The first-order valence-corrected chi connectivity index (χ1v) is 11.1. The summed E-state index contributed by atoms with van der Waals surface area (Å²) in [6.45, 7) is 0. The molecule has 0 aliphatic carbocycles. The van der Waals surface area contributed by atoms with E-state index in [0.717, 1.165) is 5.56 Å². The lowest BCUT2D eigenvalue weighted by Gasteiger charge is -2.22. The van der Waals surface area contributed by atoms with Gasteiger partial charge in [-0.3, -0.25) is 19.7 Å². The number of carbonyl (C=O) groups excluding carboxylic acids is 1. The van der Waals surface area contributed by atoms with Crippen LogP contribution >= 0.6 is 11.6 Å². The number of pyridine rings is 1. The Morgan fingerprint density at radius 3 is 2.57 bits per heavy atom. The van der Waals surface area contributed by atoms with Crippen molar-refractivity contribution >= 4 is 23.5 Å². The Kier molecular flexibility index (Phi) is 7.47. The summed E-state index contributed by atoms with van der Waals surface area (Å²) in [4.78, 5) is 28.9. The standard InChI is InChI=1S/C25H21ClFN5O3/c26-17-8-9-21(27)19(12-17)16-6-4-15(5-7-16)11-18(30-24(33)23-14-29-32-31-23)13-20(25(34)35)22-3-1-2-10-28-22/h1-10,12,14,18,20H,11,13H2,(H,30,33)(H,34,35)(H,29,31,32). The lowest BCUT2D eigenvalue weighted by atomic mass is 9.91. The molecule has 10 heteroatoms. The van der Waals surface area contributed by atoms with E-state index in [0.29, 0.717) is 28.3 Å². The van der Waals surface area contributed by atoms with E-state index < -0.39 is 23.8 Å². The average molecular weight is 494 g/mol. The molecule has 0 fully saturated rings. The average Bonchev–Trinajstić information content (AvgIpc) is 3.40. The number of H-pyrrole nitrogens is 1. The fraction of sp³-hybridized carbons (Fsp3) is 0.160. The number of nitrogens with zero attached hydrogens (tertiary/aromatic N) is 3. The van der Waals surface area contributed by atoms with Crippen molar-refractivity contribution < 1.29 is 19.1 Å². The minimum atomic E-state index is -1.04. The zero-order valence-corrected chi connectivity index (χ0v) is 19.1. The summed E-state index contributed by atoms with van der Waals surface area (Å²) in [7, 11) is 0. The second-order valence-corrected chi connectivity index (χ2v) is 8.38. The normalized spacial score (nSPS) is 12.6. The number of benzene rings is 2. The molecule has 2 atom stereocenters. The number of carbonyl (C=O) groups is 2. The SMILES string of the molecule is O=C(NC(Cc1ccc(-c2cc(Cl)ccc2F)cc1)CC(C(=O)O)c1ccccn1)c1cnn[nH]1. The Bertz CT molecular complexity index is 1300. The van der Waals surface area contributed by atoms with Gasteiger partial charge in [0.1, 0.15) is 17.4 Å². The van der Waals surface area contributed by atoms with Gasteiger partial charge in [0.25, 0.3) is 5.91 Å². The van der Waals surface area contributed by atoms with E-state index in [2.05, 4.69) is 25.7 Å². The van der Waals surface area contributed by atoms with Crippen molar-refractivity contribution in [2.24, 2.45) is 0 Å². The topological polar surface area (TPSA) is 121 Å². The highest BCUT2D eigenvalue weighted by molar-refractivity contribution is 6.30. The largest absolute Gasteiger partial charge is 0.481 e. The molecule has 2 heterocycles. The van der Waals surface area contributed by atoms with Crippen LogP contribution in [0.4, 0.5) is 4.39 Å². The minimum absolute atomic E-state index is 0.102. The van der Waals surface area contributed by atoms with Gasteiger partial charge in [-0.1, -0.05) is 47.1 Å². The van der Waals surface area contributed by atoms with Gasteiger partial charge in [0.05, 0.1) is 11.9 Å². The van der Waals surface area contributed by atoms with Gasteiger partial charge < -0.3 is 10.4 Å². The zero-order valence-electron chi connectivity index (χ0n) is 18.4. The Morgan fingerprint density at radius 2 is 1.91 bits per heavy atom. The number of rotatable bonds is 9. The van der Waals surface area contributed by atoms with Crippen LogP contribution in [-0.4, -0.2) is 43.4 Å². The van der Waals surface area contributed by atoms with Gasteiger partial charge in [0, 0.05) is 22.8 Å². The molecule has 8 nitrogen and oxygen atoms in total. The van der Waals surface area contributed by atoms with Crippen molar-refractivity contribution in [1.29, 1.82) is 0 Å². The van der Waals surface area contributed by atoms with Crippen LogP contribution in [0.3, 0.4) is 0 Å². The molecule has 0 saturated carbocycles. The van der Waals surface area contributed by atoms with Crippen LogP contribution < -0.4 is 5.32 Å². The summed E-state index contributed by atoms with van der Waals surface area (Å²) in [6, 6.07) is 16.0. The van der Waals surface area contributed by atoms with Crippen LogP contribution in [0.5, 0.6) is 0 Å². The molecule has 0 saturated heterocycles. The molecule has 0 spiro atoms. The van der Waals surface area contributed by atoms with Crippen LogP contribution in [0.15, 0.2) is 73.1 Å². The summed E-state index contributed by atoms with van der Waals surface area (Å²) < 4.78 is 14.2. The Labute approximate surface area is 205 Å². The van der Waals surface area contributed by atoms with Crippen LogP contribution in [0.1, 0.15) is 34.1 Å². The van der Waals surface area contributed by atoms with E-state index in [1.54, 1.807) is 36.4 Å². The van der Waals surface area contributed by atoms with Crippen molar-refractivity contribution in [3.8, 4) is 11.1 Å². The fourth-order valence-electron chi connectivity index (χ4n) is 3.80. The third kappa shape index (κ3) is 6.07. The summed E-state index contributed by atoms with van der Waals surface area (Å²) in [5.41, 5.74) is 2.41. The van der Waals surface area contributed by atoms with E-state index >= 15 is 0 Å². The molecule has 0 radical (unpaired) electrons. The number of amides is 1. The van der Waals surface area contributed by atoms with E-state index in [-0.39, 0.29) is 17.9 Å². The Balaban J connectivity index is 1.57. The molecular formula is C25H21ClFN5O3. The van der Waals surface area contributed by atoms with Crippen LogP contribution in [-0.2, 0) is 11.2 Å². The van der Waals surface area contributed by atoms with Gasteiger partial charge in [0.15, 0.2) is 0 Å². The smallest absolute Gasteiger partial charge is 0.312 e. The molecular weight excluding hydrogens is 473 g/mol. The molecule has 4 rings (SSSR count). The van der Waals surface area contributed by atoms with E-state index in [4.69, 9.17) is 11.6 Å². The second-order valence-electron chi connectivity index (χ2n) is 7.95. The Morgan fingerprint density at radius 1 is 1.11 bits per heavy atom. The maximum Gasteiger partial charge on any atom is 0.312 e. The third-order valence-corrected chi connectivity index (χ3v) is 5.77. The molecule has 3 N–H and O–H groups in total. The minimum Gasteiger partial charge on any atom is -0.481 e. The van der Waals surface area contributed by atoms with Crippen molar-refractivity contribution in [3.05, 3.63) is 101 Å². The van der Waals surface area contributed by atoms with E-state index in [1.807, 2.05) is 12.1 Å². The first-order valence-electron chi connectivity index (χ1n) is 10.8. The van der Waals surface area contributed by atoms with Gasteiger partial charge in [-0.25, -0.2) is 4.39 Å². The fourth-order valence-corrected chi connectivity index (χ4v) is 3.97. The Hall–Kier alpha value is -4.11. The molecule has 2 aromatic carbocycles. The van der Waals surface area contributed by atoms with E-state index in [1.165, 1.54) is 24.5 Å². The summed E-state index contributed by atoms with van der Waals surface area (Å²) in [5.74, 6) is -2.82. The monoisotopic (exact) mass is 493 g/mol. The molecule has 1 amide bonds. The predicted molar refractivity (Wildman–Crippen MR) is 127 cm³/mol.